The quantitative estimate of drug-likeness (QED) is 0.305. The molecule has 0 radical (unpaired) electrons. The van der Waals surface area contributed by atoms with E-state index in [-0.39, 0.29) is 29.7 Å². The van der Waals surface area contributed by atoms with Crippen molar-refractivity contribution in [3.8, 4) is 22.6 Å². The first-order valence-corrected chi connectivity index (χ1v) is 15.5. The highest BCUT2D eigenvalue weighted by molar-refractivity contribution is 6.05. The van der Waals surface area contributed by atoms with Crippen molar-refractivity contribution in [3.05, 3.63) is 75.8 Å². The molecule has 0 bridgehead atoms. The maximum Gasteiger partial charge on any atom is 0.259 e. The van der Waals surface area contributed by atoms with Crippen LogP contribution in [0.3, 0.4) is 0 Å². The standard InChI is InChI=1S/C35H36N6O6/c1-38(2)30-13-24-25(14-36-30)34(44)39(3)18-26(24)20-10-28(46-4)32(29(11-20)47-5)21-15-40(16-21)22-7-6-19-17-41(35(45)23(19)12-22)27-8-9-31(42)37-33(27)43/h6-7,10-14,18,21,27H,8-9,15-17H2,1-5H3,(H,37,42,43). The van der Waals surface area contributed by atoms with Gasteiger partial charge in [0.05, 0.1) is 19.6 Å². The number of aromatic nitrogens is 2. The zero-order valence-corrected chi connectivity index (χ0v) is 27.0. The number of benzene rings is 2. The fourth-order valence-corrected chi connectivity index (χ4v) is 6.93. The second kappa shape index (κ2) is 11.4. The summed E-state index contributed by atoms with van der Waals surface area (Å²) in [4.78, 5) is 60.5. The van der Waals surface area contributed by atoms with E-state index in [1.807, 2.05) is 61.6 Å². The summed E-state index contributed by atoms with van der Waals surface area (Å²) in [5, 5.41) is 3.67. The number of imide groups is 1. The zero-order chi connectivity index (χ0) is 33.1. The van der Waals surface area contributed by atoms with Crippen molar-refractivity contribution in [2.75, 3.05) is 51.2 Å². The number of hydrogen-bond acceptors (Lipinski definition) is 9. The minimum absolute atomic E-state index is 0.110. The SMILES string of the molecule is COc1cc(-c2cn(C)c(=O)c3cnc(N(C)C)cc23)cc(OC)c1C1CN(c2ccc3c(c2)C(=O)N(C2CCC(=O)NC2=O)C3)C1. The smallest absolute Gasteiger partial charge is 0.259 e. The van der Waals surface area contributed by atoms with Gasteiger partial charge < -0.3 is 28.7 Å². The van der Waals surface area contributed by atoms with Gasteiger partial charge in [0.15, 0.2) is 0 Å². The number of amides is 3. The van der Waals surface area contributed by atoms with Gasteiger partial charge >= 0.3 is 0 Å². The average molecular weight is 637 g/mol. The van der Waals surface area contributed by atoms with Crippen LogP contribution in [-0.4, -0.2) is 79.6 Å². The number of anilines is 2. The molecule has 47 heavy (non-hydrogen) atoms. The number of nitrogens with one attached hydrogen (secondary N) is 1. The fraction of sp³-hybridized carbons (Fsp3) is 0.343. The van der Waals surface area contributed by atoms with Gasteiger partial charge in [-0.25, -0.2) is 4.98 Å². The molecule has 0 aliphatic carbocycles. The number of nitrogens with zero attached hydrogens (tertiary/aromatic N) is 5. The largest absolute Gasteiger partial charge is 0.496 e. The Labute approximate surface area is 271 Å². The van der Waals surface area contributed by atoms with E-state index in [0.29, 0.717) is 48.5 Å². The Balaban J connectivity index is 1.16. The first-order valence-electron chi connectivity index (χ1n) is 15.5. The van der Waals surface area contributed by atoms with Gasteiger partial charge in [0.2, 0.25) is 11.8 Å². The van der Waals surface area contributed by atoms with Crippen LogP contribution in [0.4, 0.5) is 11.5 Å². The highest BCUT2D eigenvalue weighted by atomic mass is 16.5. The topological polar surface area (TPSA) is 126 Å². The minimum atomic E-state index is -0.641. The van der Waals surface area contributed by atoms with Gasteiger partial charge in [-0.3, -0.25) is 24.5 Å². The summed E-state index contributed by atoms with van der Waals surface area (Å²) < 4.78 is 13.5. The first kappa shape index (κ1) is 30.3. The molecule has 2 aromatic heterocycles. The van der Waals surface area contributed by atoms with Crippen LogP contribution in [0.5, 0.6) is 11.5 Å². The lowest BCUT2D eigenvalue weighted by atomic mass is 9.87. The van der Waals surface area contributed by atoms with Gasteiger partial charge in [-0.1, -0.05) is 6.07 Å². The predicted molar refractivity (Wildman–Crippen MR) is 177 cm³/mol. The van der Waals surface area contributed by atoms with E-state index >= 15 is 0 Å². The lowest BCUT2D eigenvalue weighted by Gasteiger charge is -2.42. The van der Waals surface area contributed by atoms with Crippen LogP contribution in [-0.2, 0) is 23.2 Å². The van der Waals surface area contributed by atoms with E-state index in [2.05, 4.69) is 15.2 Å². The van der Waals surface area contributed by atoms with Crippen molar-refractivity contribution in [3.63, 3.8) is 0 Å². The molecular weight excluding hydrogens is 600 g/mol. The van der Waals surface area contributed by atoms with Gasteiger partial charge in [0.25, 0.3) is 11.5 Å². The Kier molecular flexibility index (Phi) is 7.37. The third kappa shape index (κ3) is 5.04. The summed E-state index contributed by atoms with van der Waals surface area (Å²) in [6.45, 7) is 1.73. The van der Waals surface area contributed by atoms with Gasteiger partial charge in [-0.2, -0.15) is 0 Å². The summed E-state index contributed by atoms with van der Waals surface area (Å²) in [5.74, 6) is 1.33. The highest BCUT2D eigenvalue weighted by Crippen LogP contribution is 2.45. The van der Waals surface area contributed by atoms with Crippen LogP contribution in [0.1, 0.15) is 40.2 Å². The van der Waals surface area contributed by atoms with E-state index in [1.54, 1.807) is 36.9 Å². The summed E-state index contributed by atoms with van der Waals surface area (Å²) in [6, 6.07) is 11.1. The van der Waals surface area contributed by atoms with Crippen LogP contribution < -0.4 is 30.1 Å². The Bertz CT molecular complexity index is 2010. The molecule has 7 rings (SSSR count). The van der Waals surface area contributed by atoms with Crippen molar-refractivity contribution in [1.29, 1.82) is 0 Å². The van der Waals surface area contributed by atoms with Crippen molar-refractivity contribution >= 4 is 40.0 Å². The van der Waals surface area contributed by atoms with Crippen LogP contribution in [0, 0.1) is 0 Å². The molecule has 2 aromatic carbocycles. The number of pyridine rings is 2. The van der Waals surface area contributed by atoms with E-state index in [0.717, 1.165) is 39.1 Å². The molecule has 1 unspecified atom stereocenters. The molecule has 4 aromatic rings. The van der Waals surface area contributed by atoms with Gasteiger partial charge in [-0.15, -0.1) is 0 Å². The van der Waals surface area contributed by atoms with Crippen LogP contribution >= 0.6 is 0 Å². The number of fused-ring (bicyclic) bond motifs is 2. The highest BCUT2D eigenvalue weighted by Gasteiger charge is 2.40. The molecule has 12 nitrogen and oxygen atoms in total. The molecule has 3 amide bonds. The van der Waals surface area contributed by atoms with Crippen LogP contribution in [0.2, 0.25) is 0 Å². The third-order valence-electron chi connectivity index (χ3n) is 9.53. The molecule has 3 aliphatic rings. The van der Waals surface area contributed by atoms with Crippen molar-refractivity contribution < 1.29 is 23.9 Å². The van der Waals surface area contributed by atoms with Crippen molar-refractivity contribution in [2.45, 2.75) is 31.3 Å². The summed E-state index contributed by atoms with van der Waals surface area (Å²) in [7, 11) is 8.84. The number of aryl methyl sites for hydroxylation is 1. The number of ether oxygens (including phenoxy) is 2. The molecular formula is C35H36N6O6. The maximum absolute atomic E-state index is 13.4. The Morgan fingerprint density at radius 1 is 0.936 bits per heavy atom. The average Bonchev–Trinajstić information content (AvgIpc) is 3.36. The van der Waals surface area contributed by atoms with E-state index in [9.17, 15) is 19.2 Å². The van der Waals surface area contributed by atoms with Crippen LogP contribution in [0.15, 0.2) is 53.6 Å². The number of hydrogen-bond donors (Lipinski definition) is 1. The van der Waals surface area contributed by atoms with Crippen molar-refractivity contribution in [2.24, 2.45) is 7.05 Å². The molecule has 0 spiro atoms. The lowest BCUT2D eigenvalue weighted by Crippen LogP contribution is -2.52. The van der Waals surface area contributed by atoms with Crippen LogP contribution in [0.25, 0.3) is 21.9 Å². The normalized spacial score (nSPS) is 17.9. The molecule has 1 atom stereocenters. The molecule has 0 saturated carbocycles. The molecule has 2 fully saturated rings. The molecule has 3 aliphatic heterocycles. The van der Waals surface area contributed by atoms with Gasteiger partial charge in [0.1, 0.15) is 23.4 Å². The van der Waals surface area contributed by atoms with Gasteiger partial charge in [0, 0.05) is 93.3 Å². The van der Waals surface area contributed by atoms with E-state index in [4.69, 9.17) is 9.47 Å². The molecule has 12 heteroatoms. The predicted octanol–water partition coefficient (Wildman–Crippen LogP) is 3.05. The Morgan fingerprint density at radius 3 is 2.32 bits per heavy atom. The number of rotatable bonds is 7. The zero-order valence-electron chi connectivity index (χ0n) is 27.0. The summed E-state index contributed by atoms with van der Waals surface area (Å²) in [5.41, 5.74) is 4.94. The maximum atomic E-state index is 13.4. The van der Waals surface area contributed by atoms with Gasteiger partial charge in [-0.05, 0) is 47.9 Å². The lowest BCUT2D eigenvalue weighted by molar-refractivity contribution is -0.136. The number of methoxy groups -OCH3 is 2. The van der Waals surface area contributed by atoms with Crippen molar-refractivity contribution in [1.82, 2.24) is 19.8 Å². The monoisotopic (exact) mass is 636 g/mol. The number of carbonyl (C=O) groups excluding carboxylic acids is 3. The number of carbonyl (C=O) groups is 3. The fourth-order valence-electron chi connectivity index (χ4n) is 6.93. The minimum Gasteiger partial charge on any atom is -0.496 e. The van der Waals surface area contributed by atoms with E-state index in [1.165, 1.54) is 0 Å². The Hall–Kier alpha value is -5.39. The second-order valence-electron chi connectivity index (χ2n) is 12.6. The first-order chi connectivity index (χ1) is 22.6. The third-order valence-corrected chi connectivity index (χ3v) is 9.53. The molecule has 2 saturated heterocycles. The number of piperidine rings is 1. The molecule has 242 valence electrons. The summed E-state index contributed by atoms with van der Waals surface area (Å²) >= 11 is 0. The van der Waals surface area contributed by atoms with E-state index < -0.39 is 11.9 Å². The second-order valence-corrected chi connectivity index (χ2v) is 12.6. The Morgan fingerprint density at radius 2 is 1.66 bits per heavy atom. The molecule has 5 heterocycles. The summed E-state index contributed by atoms with van der Waals surface area (Å²) in [6.07, 6.45) is 4.02. The molecule has 1 N–H and O–H groups in total.